The zero-order valence-corrected chi connectivity index (χ0v) is 13.6. The van der Waals surface area contributed by atoms with Crippen LogP contribution in [0.2, 0.25) is 0 Å². The number of aromatic hydroxyl groups is 1. The maximum atomic E-state index is 12.6. The van der Waals surface area contributed by atoms with Crippen LogP contribution in [0.3, 0.4) is 0 Å². The van der Waals surface area contributed by atoms with E-state index < -0.39 is 0 Å². The highest BCUT2D eigenvalue weighted by atomic mass is 16.5. The van der Waals surface area contributed by atoms with E-state index >= 15 is 0 Å². The minimum atomic E-state index is -0.302. The molecule has 3 rings (SSSR count). The van der Waals surface area contributed by atoms with E-state index in [1.807, 2.05) is 13.0 Å². The molecule has 0 fully saturated rings. The van der Waals surface area contributed by atoms with E-state index in [4.69, 9.17) is 9.15 Å². The van der Waals surface area contributed by atoms with Gasteiger partial charge in [0.2, 0.25) is 5.43 Å². The monoisotopic (exact) mass is 327 g/mol. The highest BCUT2D eigenvalue weighted by Crippen LogP contribution is 2.31. The second-order valence-corrected chi connectivity index (χ2v) is 5.78. The highest BCUT2D eigenvalue weighted by Gasteiger charge is 2.15. The van der Waals surface area contributed by atoms with Gasteiger partial charge in [0.1, 0.15) is 28.1 Å². The number of amides is 1. The third kappa shape index (κ3) is 2.67. The molecule has 1 heterocycles. The van der Waals surface area contributed by atoms with Crippen molar-refractivity contribution in [1.82, 2.24) is 4.90 Å². The highest BCUT2D eigenvalue weighted by molar-refractivity contribution is 5.94. The summed E-state index contributed by atoms with van der Waals surface area (Å²) in [5, 5.41) is 10.7. The van der Waals surface area contributed by atoms with Gasteiger partial charge in [0.25, 0.3) is 5.91 Å². The Morgan fingerprint density at radius 3 is 2.75 bits per heavy atom. The topological polar surface area (TPSA) is 80.0 Å². The van der Waals surface area contributed by atoms with Crippen molar-refractivity contribution in [1.29, 1.82) is 0 Å². The van der Waals surface area contributed by atoms with Gasteiger partial charge >= 0.3 is 0 Å². The van der Waals surface area contributed by atoms with Gasteiger partial charge in [-0.25, -0.2) is 0 Å². The molecular weight excluding hydrogens is 310 g/mol. The fourth-order valence-corrected chi connectivity index (χ4v) is 2.45. The average Bonchev–Trinajstić information content (AvgIpc) is 2.53. The predicted molar refractivity (Wildman–Crippen MR) is 90.6 cm³/mol. The van der Waals surface area contributed by atoms with E-state index in [1.165, 1.54) is 17.0 Å². The number of phenolic OH excluding ortho intramolecular Hbond substituents is 1. The van der Waals surface area contributed by atoms with Crippen molar-refractivity contribution < 1.29 is 19.1 Å². The van der Waals surface area contributed by atoms with Crippen LogP contribution in [-0.4, -0.2) is 36.6 Å². The summed E-state index contributed by atoms with van der Waals surface area (Å²) >= 11 is 0. The maximum absolute atomic E-state index is 12.6. The van der Waals surface area contributed by atoms with Crippen molar-refractivity contribution in [3.05, 3.63) is 46.1 Å². The van der Waals surface area contributed by atoms with Gasteiger partial charge in [0.05, 0.1) is 5.39 Å². The first-order valence-electron chi connectivity index (χ1n) is 7.40. The molecule has 0 aliphatic heterocycles. The van der Waals surface area contributed by atoms with Crippen molar-refractivity contribution in [2.24, 2.45) is 0 Å². The van der Waals surface area contributed by atoms with Gasteiger partial charge in [-0.05, 0) is 18.6 Å². The number of nitrogens with zero attached hydrogens (tertiary/aromatic N) is 1. The van der Waals surface area contributed by atoms with Crippen molar-refractivity contribution in [3.63, 3.8) is 0 Å². The summed E-state index contributed by atoms with van der Waals surface area (Å²) < 4.78 is 11.2. The lowest BCUT2D eigenvalue weighted by Gasteiger charge is -2.12. The molecular formula is C18H17NO5. The standard InChI is InChI=1S/C18H17NO5/c1-10-5-4-6-12-17(22)16-13(20)7-11(8-14(16)24-18(10)12)23-9-15(21)19(2)3/h4-8,20H,9H2,1-3H3. The van der Waals surface area contributed by atoms with Crippen LogP contribution in [0.1, 0.15) is 5.56 Å². The van der Waals surface area contributed by atoms with Crippen LogP contribution >= 0.6 is 0 Å². The molecule has 0 bridgehead atoms. The molecule has 0 spiro atoms. The van der Waals surface area contributed by atoms with E-state index in [0.717, 1.165) is 5.56 Å². The number of ether oxygens (including phenoxy) is 1. The fourth-order valence-electron chi connectivity index (χ4n) is 2.45. The van der Waals surface area contributed by atoms with E-state index in [0.29, 0.717) is 11.0 Å². The number of benzene rings is 2. The zero-order valence-electron chi connectivity index (χ0n) is 13.6. The maximum Gasteiger partial charge on any atom is 0.259 e. The average molecular weight is 327 g/mol. The quantitative estimate of drug-likeness (QED) is 0.747. The second kappa shape index (κ2) is 5.88. The number of fused-ring (bicyclic) bond motifs is 2. The Balaban J connectivity index is 2.14. The first-order chi connectivity index (χ1) is 11.4. The number of carbonyl (C=O) groups is 1. The van der Waals surface area contributed by atoms with Gasteiger partial charge in [-0.3, -0.25) is 9.59 Å². The molecule has 0 saturated heterocycles. The number of para-hydroxylation sites is 1. The molecule has 3 aromatic rings. The van der Waals surface area contributed by atoms with Crippen LogP contribution in [0.25, 0.3) is 21.9 Å². The normalized spacial score (nSPS) is 11.0. The number of phenols is 1. The summed E-state index contributed by atoms with van der Waals surface area (Å²) in [6.45, 7) is 1.67. The van der Waals surface area contributed by atoms with Crippen molar-refractivity contribution in [2.75, 3.05) is 20.7 Å². The molecule has 0 aliphatic carbocycles. The SMILES string of the molecule is Cc1cccc2c(=O)c3c(O)cc(OCC(=O)N(C)C)cc3oc12. The molecule has 24 heavy (non-hydrogen) atoms. The Morgan fingerprint density at radius 1 is 1.29 bits per heavy atom. The predicted octanol–water partition coefficient (Wildman–Crippen LogP) is 2.43. The van der Waals surface area contributed by atoms with Gasteiger partial charge < -0.3 is 19.2 Å². The van der Waals surface area contributed by atoms with Crippen LogP contribution < -0.4 is 10.2 Å². The first kappa shape index (κ1) is 15.9. The first-order valence-corrected chi connectivity index (χ1v) is 7.40. The minimum absolute atomic E-state index is 0.0967. The van der Waals surface area contributed by atoms with Crippen LogP contribution in [0.4, 0.5) is 0 Å². The summed E-state index contributed by atoms with van der Waals surface area (Å²) in [7, 11) is 3.25. The van der Waals surface area contributed by atoms with Gasteiger partial charge in [0, 0.05) is 26.2 Å². The zero-order chi connectivity index (χ0) is 17.4. The molecule has 1 N–H and O–H groups in total. The molecule has 124 valence electrons. The van der Waals surface area contributed by atoms with Crippen molar-refractivity contribution in [2.45, 2.75) is 6.92 Å². The molecule has 0 saturated carbocycles. The molecule has 2 aromatic carbocycles. The third-order valence-electron chi connectivity index (χ3n) is 3.81. The lowest BCUT2D eigenvalue weighted by atomic mass is 10.1. The Morgan fingerprint density at radius 2 is 2.04 bits per heavy atom. The molecule has 0 radical (unpaired) electrons. The number of rotatable bonds is 3. The van der Waals surface area contributed by atoms with Gasteiger partial charge in [0.15, 0.2) is 6.61 Å². The van der Waals surface area contributed by atoms with Crippen LogP contribution in [0.15, 0.2) is 39.5 Å². The van der Waals surface area contributed by atoms with Crippen LogP contribution in [0.5, 0.6) is 11.5 Å². The lowest BCUT2D eigenvalue weighted by Crippen LogP contribution is -2.27. The smallest absolute Gasteiger partial charge is 0.259 e. The number of likely N-dealkylation sites (N-methyl/N-ethyl adjacent to an activating group) is 1. The van der Waals surface area contributed by atoms with Crippen LogP contribution in [-0.2, 0) is 4.79 Å². The Bertz CT molecular complexity index is 1000. The number of hydrogen-bond acceptors (Lipinski definition) is 5. The molecule has 1 aromatic heterocycles. The molecule has 0 unspecified atom stereocenters. The summed E-state index contributed by atoms with van der Waals surface area (Å²) in [4.78, 5) is 25.6. The van der Waals surface area contributed by atoms with E-state index in [1.54, 1.807) is 26.2 Å². The van der Waals surface area contributed by atoms with Crippen molar-refractivity contribution in [3.8, 4) is 11.5 Å². The summed E-state index contributed by atoms with van der Waals surface area (Å²) in [6, 6.07) is 8.08. The van der Waals surface area contributed by atoms with E-state index in [-0.39, 0.29) is 40.4 Å². The third-order valence-corrected chi connectivity index (χ3v) is 3.81. The molecule has 0 atom stereocenters. The number of carbonyl (C=O) groups excluding carboxylic acids is 1. The van der Waals surface area contributed by atoms with Gasteiger partial charge in [-0.2, -0.15) is 0 Å². The minimum Gasteiger partial charge on any atom is -0.507 e. The Kier molecular flexibility index (Phi) is 3.89. The summed E-state index contributed by atoms with van der Waals surface area (Å²) in [5.74, 6) is -0.200. The molecule has 6 nitrogen and oxygen atoms in total. The van der Waals surface area contributed by atoms with Gasteiger partial charge in [-0.1, -0.05) is 12.1 Å². The molecule has 0 aliphatic rings. The van der Waals surface area contributed by atoms with Crippen molar-refractivity contribution >= 4 is 27.8 Å². The Hall–Kier alpha value is -3.02. The largest absolute Gasteiger partial charge is 0.507 e. The molecule has 1 amide bonds. The number of hydrogen-bond donors (Lipinski definition) is 1. The van der Waals surface area contributed by atoms with Gasteiger partial charge in [-0.15, -0.1) is 0 Å². The summed E-state index contributed by atoms with van der Waals surface area (Å²) in [6.07, 6.45) is 0. The summed E-state index contributed by atoms with van der Waals surface area (Å²) in [5.41, 5.74) is 1.20. The second-order valence-electron chi connectivity index (χ2n) is 5.78. The van der Waals surface area contributed by atoms with Crippen LogP contribution in [0, 0.1) is 6.92 Å². The number of aryl methyl sites for hydroxylation is 1. The van der Waals surface area contributed by atoms with E-state index in [9.17, 15) is 14.7 Å². The lowest BCUT2D eigenvalue weighted by molar-refractivity contribution is -0.130. The Labute approximate surface area is 137 Å². The fraction of sp³-hybridized carbons (Fsp3) is 0.222. The molecule has 6 heteroatoms. The van der Waals surface area contributed by atoms with E-state index in [2.05, 4.69) is 0 Å².